The number of halogens is 4. The predicted octanol–water partition coefficient (Wildman–Crippen LogP) is 5.84. The Morgan fingerprint density at radius 2 is 1.68 bits per heavy atom. The van der Waals surface area contributed by atoms with Crippen molar-refractivity contribution < 1.29 is 41.4 Å². The quantitative estimate of drug-likeness (QED) is 0.270. The second kappa shape index (κ2) is 10.4. The van der Waals surface area contributed by atoms with E-state index in [9.17, 15) is 31.9 Å². The molecule has 0 spiro atoms. The molecule has 0 aromatic heterocycles. The summed E-state index contributed by atoms with van der Waals surface area (Å²) in [6.45, 7) is 3.13. The van der Waals surface area contributed by atoms with Gasteiger partial charge in [-0.25, -0.2) is 4.39 Å². The van der Waals surface area contributed by atoms with Crippen LogP contribution >= 0.6 is 0 Å². The molecule has 0 heterocycles. The van der Waals surface area contributed by atoms with E-state index in [1.165, 1.54) is 12.1 Å². The molecular formula is C25H24F4O5. The molecule has 0 saturated heterocycles. The van der Waals surface area contributed by atoms with E-state index in [1.807, 2.05) is 6.92 Å². The van der Waals surface area contributed by atoms with Crippen LogP contribution in [0.3, 0.4) is 0 Å². The molecule has 3 rings (SSSR count). The summed E-state index contributed by atoms with van der Waals surface area (Å²) in [7, 11) is 0. The van der Waals surface area contributed by atoms with Gasteiger partial charge >= 0.3 is 18.1 Å². The molecule has 182 valence electrons. The van der Waals surface area contributed by atoms with Gasteiger partial charge < -0.3 is 9.47 Å². The van der Waals surface area contributed by atoms with Crippen LogP contribution in [0.1, 0.15) is 77.2 Å². The maximum Gasteiger partial charge on any atom is 0.417 e. The average molecular weight is 480 g/mol. The summed E-state index contributed by atoms with van der Waals surface area (Å²) in [5, 5.41) is 0. The first kappa shape index (κ1) is 25.4. The lowest BCUT2D eigenvalue weighted by molar-refractivity contribution is -0.154. The number of Topliss-reactive ketones (excluding diaryl/α,β-unsaturated/α-hetero) is 1. The van der Waals surface area contributed by atoms with Crippen LogP contribution in [0.15, 0.2) is 36.4 Å². The molecule has 0 saturated carbocycles. The normalized spacial score (nSPS) is 17.4. The Hall–Kier alpha value is -3.23. The number of benzene rings is 2. The SMILES string of the molecule is CCCCOC(=O)CCC(=O)OC1c2ccccc2C(=O)C1c1ccc(F)c(C)c1C(F)(F)F. The van der Waals surface area contributed by atoms with Gasteiger partial charge in [-0.2, -0.15) is 13.2 Å². The summed E-state index contributed by atoms with van der Waals surface area (Å²) < 4.78 is 66.1. The van der Waals surface area contributed by atoms with Gasteiger partial charge in [0.1, 0.15) is 11.9 Å². The summed E-state index contributed by atoms with van der Waals surface area (Å²) in [5.41, 5.74) is -2.00. The van der Waals surface area contributed by atoms with Crippen molar-refractivity contribution in [1.82, 2.24) is 0 Å². The van der Waals surface area contributed by atoms with Gasteiger partial charge in [0.05, 0.1) is 30.9 Å². The number of ether oxygens (including phenoxy) is 2. The molecule has 34 heavy (non-hydrogen) atoms. The number of esters is 2. The molecule has 0 aliphatic heterocycles. The Bertz CT molecular complexity index is 1090. The number of fused-ring (bicyclic) bond motifs is 1. The van der Waals surface area contributed by atoms with E-state index < -0.39 is 58.4 Å². The lowest BCUT2D eigenvalue weighted by atomic mass is 9.86. The van der Waals surface area contributed by atoms with Crippen molar-refractivity contribution in [3.05, 3.63) is 70.0 Å². The Morgan fingerprint density at radius 1 is 1.00 bits per heavy atom. The zero-order chi connectivity index (χ0) is 25.0. The summed E-state index contributed by atoms with van der Waals surface area (Å²) in [4.78, 5) is 37.4. The lowest BCUT2D eigenvalue weighted by Gasteiger charge is -2.24. The van der Waals surface area contributed by atoms with E-state index >= 15 is 0 Å². The summed E-state index contributed by atoms with van der Waals surface area (Å²) in [6, 6.07) is 7.82. The van der Waals surface area contributed by atoms with Gasteiger partial charge in [0.15, 0.2) is 5.78 Å². The molecule has 2 atom stereocenters. The maximum absolute atomic E-state index is 14.0. The molecule has 5 nitrogen and oxygen atoms in total. The lowest BCUT2D eigenvalue weighted by Crippen LogP contribution is -2.23. The second-order valence-electron chi connectivity index (χ2n) is 8.05. The van der Waals surface area contributed by atoms with Crippen LogP contribution in [0.5, 0.6) is 0 Å². The zero-order valence-corrected chi connectivity index (χ0v) is 18.7. The minimum absolute atomic E-state index is 0.124. The van der Waals surface area contributed by atoms with E-state index in [-0.39, 0.29) is 30.6 Å². The molecule has 0 fully saturated rings. The van der Waals surface area contributed by atoms with Crippen LogP contribution in [0, 0.1) is 12.7 Å². The largest absolute Gasteiger partial charge is 0.466 e. The smallest absolute Gasteiger partial charge is 0.417 e. The van der Waals surface area contributed by atoms with Gasteiger partial charge in [-0.05, 0) is 30.5 Å². The van der Waals surface area contributed by atoms with Crippen molar-refractivity contribution in [3.63, 3.8) is 0 Å². The van der Waals surface area contributed by atoms with Gasteiger partial charge in [0, 0.05) is 11.1 Å². The van der Waals surface area contributed by atoms with Crippen LogP contribution in [0.25, 0.3) is 0 Å². The minimum Gasteiger partial charge on any atom is -0.466 e. The first-order chi connectivity index (χ1) is 16.1. The van der Waals surface area contributed by atoms with Crippen molar-refractivity contribution in [2.24, 2.45) is 0 Å². The fourth-order valence-electron chi connectivity index (χ4n) is 4.04. The first-order valence-electron chi connectivity index (χ1n) is 10.9. The first-order valence-corrected chi connectivity index (χ1v) is 10.9. The Labute approximate surface area is 194 Å². The molecular weight excluding hydrogens is 456 g/mol. The summed E-state index contributed by atoms with van der Waals surface area (Å²) in [5.74, 6) is -4.69. The van der Waals surface area contributed by atoms with Gasteiger partial charge in [-0.3, -0.25) is 14.4 Å². The maximum atomic E-state index is 14.0. The van der Waals surface area contributed by atoms with Crippen LogP contribution in [-0.2, 0) is 25.2 Å². The number of carbonyl (C=O) groups excluding carboxylic acids is 3. The predicted molar refractivity (Wildman–Crippen MR) is 114 cm³/mol. The van der Waals surface area contributed by atoms with Crippen LogP contribution < -0.4 is 0 Å². The molecule has 0 N–H and O–H groups in total. The van der Waals surface area contributed by atoms with Gasteiger partial charge in [-0.15, -0.1) is 0 Å². The molecule has 0 radical (unpaired) electrons. The highest BCUT2D eigenvalue weighted by Gasteiger charge is 2.47. The molecule has 2 aromatic carbocycles. The summed E-state index contributed by atoms with van der Waals surface area (Å²) >= 11 is 0. The molecule has 0 bridgehead atoms. The van der Waals surface area contributed by atoms with E-state index in [1.54, 1.807) is 12.1 Å². The van der Waals surface area contributed by atoms with Gasteiger partial charge in [-0.1, -0.05) is 43.7 Å². The van der Waals surface area contributed by atoms with E-state index in [4.69, 9.17) is 9.47 Å². The third-order valence-electron chi connectivity index (χ3n) is 5.72. The van der Waals surface area contributed by atoms with Crippen LogP contribution in [0.4, 0.5) is 17.6 Å². The Kier molecular flexibility index (Phi) is 7.74. The Balaban J connectivity index is 1.91. The summed E-state index contributed by atoms with van der Waals surface area (Å²) in [6.07, 6.45) is -5.41. The number of hydrogen-bond acceptors (Lipinski definition) is 5. The monoisotopic (exact) mass is 480 g/mol. The molecule has 1 aliphatic carbocycles. The molecule has 1 aliphatic rings. The van der Waals surface area contributed by atoms with Crippen molar-refractivity contribution >= 4 is 17.7 Å². The molecule has 2 unspecified atom stereocenters. The highest BCUT2D eigenvalue weighted by molar-refractivity contribution is 6.06. The average Bonchev–Trinajstić information content (AvgIpc) is 3.05. The third-order valence-corrected chi connectivity index (χ3v) is 5.72. The number of ketones is 1. The Morgan fingerprint density at radius 3 is 2.35 bits per heavy atom. The topological polar surface area (TPSA) is 69.7 Å². The highest BCUT2D eigenvalue weighted by atomic mass is 19.4. The zero-order valence-electron chi connectivity index (χ0n) is 18.7. The number of carbonyl (C=O) groups is 3. The number of hydrogen-bond donors (Lipinski definition) is 0. The van der Waals surface area contributed by atoms with Gasteiger partial charge in [0.2, 0.25) is 0 Å². The van der Waals surface area contributed by atoms with Gasteiger partial charge in [0.25, 0.3) is 0 Å². The van der Waals surface area contributed by atoms with E-state index in [0.717, 1.165) is 25.5 Å². The fraction of sp³-hybridized carbons (Fsp3) is 0.400. The molecule has 2 aromatic rings. The van der Waals surface area contributed by atoms with E-state index in [0.29, 0.717) is 6.42 Å². The van der Waals surface area contributed by atoms with Crippen molar-refractivity contribution in [1.29, 1.82) is 0 Å². The number of unbranched alkanes of at least 4 members (excludes halogenated alkanes) is 1. The highest BCUT2D eigenvalue weighted by Crippen LogP contribution is 2.49. The standard InChI is InChI=1S/C25H24F4O5/c1-3-4-13-33-19(30)11-12-20(31)34-24-16-8-6-5-7-15(16)23(32)21(24)17-9-10-18(26)14(2)22(17)25(27,28)29/h5-10,21,24H,3-4,11-13H2,1-2H3. The van der Waals surface area contributed by atoms with Crippen molar-refractivity contribution in [2.45, 2.75) is 57.7 Å². The number of alkyl halides is 3. The second-order valence-corrected chi connectivity index (χ2v) is 8.05. The third kappa shape index (κ3) is 5.29. The molecule has 9 heteroatoms. The van der Waals surface area contributed by atoms with Crippen LogP contribution in [0.2, 0.25) is 0 Å². The fourth-order valence-corrected chi connectivity index (χ4v) is 4.04. The van der Waals surface area contributed by atoms with E-state index in [2.05, 4.69) is 0 Å². The van der Waals surface area contributed by atoms with Crippen molar-refractivity contribution in [3.8, 4) is 0 Å². The van der Waals surface area contributed by atoms with Crippen molar-refractivity contribution in [2.75, 3.05) is 6.61 Å². The van der Waals surface area contributed by atoms with Crippen LogP contribution in [-0.4, -0.2) is 24.3 Å². The number of rotatable bonds is 8. The minimum atomic E-state index is -4.94. The molecule has 0 amide bonds.